The highest BCUT2D eigenvalue weighted by Crippen LogP contribution is 2.27. The van der Waals surface area contributed by atoms with Crippen LogP contribution in [0.5, 0.6) is 0 Å². The average Bonchev–Trinajstić information content (AvgIpc) is 2.28. The second-order valence-corrected chi connectivity index (χ2v) is 4.53. The van der Waals surface area contributed by atoms with Crippen LogP contribution in [0.15, 0.2) is 35.5 Å². The Morgan fingerprint density at radius 2 is 2.29 bits per heavy atom. The van der Waals surface area contributed by atoms with Crippen molar-refractivity contribution in [3.63, 3.8) is 0 Å². The molecule has 0 aliphatic heterocycles. The lowest BCUT2D eigenvalue weighted by molar-refractivity contribution is -0.105. The second kappa shape index (κ2) is 6.22. The van der Waals surface area contributed by atoms with Crippen LogP contribution in [-0.4, -0.2) is 17.5 Å². The van der Waals surface area contributed by atoms with E-state index in [1.807, 2.05) is 26.0 Å². The topological polar surface area (TPSA) is 37.3 Å². The van der Waals surface area contributed by atoms with Gasteiger partial charge < -0.3 is 5.11 Å². The van der Waals surface area contributed by atoms with E-state index in [1.165, 1.54) is 0 Å². The van der Waals surface area contributed by atoms with Gasteiger partial charge in [-0.15, -0.1) is 0 Å². The summed E-state index contributed by atoms with van der Waals surface area (Å²) >= 11 is 0. The number of aliphatic hydroxyl groups is 1. The van der Waals surface area contributed by atoms with Gasteiger partial charge in [-0.05, 0) is 31.9 Å². The zero-order valence-corrected chi connectivity index (χ0v) is 10.4. The molecule has 90 valence electrons. The maximum Gasteiger partial charge on any atom is 0.145 e. The van der Waals surface area contributed by atoms with E-state index in [4.69, 9.17) is 0 Å². The highest BCUT2D eigenvalue weighted by molar-refractivity contribution is 5.73. The van der Waals surface area contributed by atoms with Crippen molar-refractivity contribution in [2.24, 2.45) is 5.92 Å². The summed E-state index contributed by atoms with van der Waals surface area (Å²) in [6, 6.07) is 0. The van der Waals surface area contributed by atoms with E-state index in [0.29, 0.717) is 18.4 Å². The number of aliphatic hydroxyl groups excluding tert-OH is 1. The molecule has 0 aromatic heterocycles. The number of hydrogen-bond donors (Lipinski definition) is 1. The van der Waals surface area contributed by atoms with Crippen LogP contribution in [0.25, 0.3) is 0 Å². The summed E-state index contributed by atoms with van der Waals surface area (Å²) < 4.78 is 0. The van der Waals surface area contributed by atoms with E-state index in [9.17, 15) is 9.90 Å². The first-order valence-corrected chi connectivity index (χ1v) is 5.70. The molecular formula is C15H18O2. The summed E-state index contributed by atoms with van der Waals surface area (Å²) in [6.07, 6.45) is 4.98. The predicted octanol–water partition coefficient (Wildman–Crippen LogP) is 2.41. The van der Waals surface area contributed by atoms with Crippen LogP contribution < -0.4 is 0 Å². The lowest BCUT2D eigenvalue weighted by Crippen LogP contribution is -2.25. The number of hydrogen-bond acceptors (Lipinski definition) is 2. The Labute approximate surface area is 103 Å². The molecule has 1 N–H and O–H groups in total. The molecule has 0 saturated carbocycles. The van der Waals surface area contributed by atoms with Crippen molar-refractivity contribution in [2.45, 2.75) is 32.8 Å². The second-order valence-electron chi connectivity index (χ2n) is 4.53. The number of carbonyl (C=O) groups is 1. The van der Waals surface area contributed by atoms with Crippen LogP contribution >= 0.6 is 0 Å². The van der Waals surface area contributed by atoms with Crippen molar-refractivity contribution in [1.82, 2.24) is 0 Å². The first-order valence-electron chi connectivity index (χ1n) is 5.70. The van der Waals surface area contributed by atoms with Gasteiger partial charge in [0, 0.05) is 17.9 Å². The molecule has 1 aliphatic carbocycles. The Morgan fingerprint density at radius 3 is 2.82 bits per heavy atom. The third-order valence-corrected chi connectivity index (χ3v) is 2.74. The summed E-state index contributed by atoms with van der Waals surface area (Å²) in [6.45, 7) is 7.85. The van der Waals surface area contributed by atoms with Crippen LogP contribution in [0.1, 0.15) is 26.7 Å². The van der Waals surface area contributed by atoms with Crippen LogP contribution in [0.3, 0.4) is 0 Å². The summed E-state index contributed by atoms with van der Waals surface area (Å²) in [4.78, 5) is 10.6. The van der Waals surface area contributed by atoms with Crippen LogP contribution in [0.2, 0.25) is 0 Å². The van der Waals surface area contributed by atoms with Gasteiger partial charge >= 0.3 is 0 Å². The maximum atomic E-state index is 10.6. The Bertz CT molecular complexity index is 426. The van der Waals surface area contributed by atoms with Gasteiger partial charge in [0.25, 0.3) is 0 Å². The fraction of sp³-hybridized carbons (Fsp3) is 0.400. The van der Waals surface area contributed by atoms with Gasteiger partial charge in [0.2, 0.25) is 0 Å². The lowest BCUT2D eigenvalue weighted by Gasteiger charge is -2.25. The van der Waals surface area contributed by atoms with E-state index in [0.717, 1.165) is 17.4 Å². The molecule has 0 spiro atoms. The van der Waals surface area contributed by atoms with E-state index < -0.39 is 6.10 Å². The van der Waals surface area contributed by atoms with Crippen molar-refractivity contribution >= 4 is 6.29 Å². The molecule has 0 bridgehead atoms. The Hall–Kier alpha value is -1.59. The molecule has 2 nitrogen and oxygen atoms in total. The van der Waals surface area contributed by atoms with Gasteiger partial charge in [0.05, 0.1) is 6.10 Å². The van der Waals surface area contributed by atoms with Crippen molar-refractivity contribution in [3.8, 4) is 11.8 Å². The van der Waals surface area contributed by atoms with Gasteiger partial charge in [0.15, 0.2) is 0 Å². The molecular weight excluding hydrogens is 212 g/mol. The molecule has 1 rings (SSSR count). The number of rotatable bonds is 2. The van der Waals surface area contributed by atoms with Crippen molar-refractivity contribution in [1.29, 1.82) is 0 Å². The summed E-state index contributed by atoms with van der Waals surface area (Å²) in [5, 5.41) is 9.91. The van der Waals surface area contributed by atoms with Crippen molar-refractivity contribution in [3.05, 3.63) is 35.5 Å². The molecule has 17 heavy (non-hydrogen) atoms. The first kappa shape index (κ1) is 13.5. The molecule has 0 heterocycles. The van der Waals surface area contributed by atoms with Gasteiger partial charge in [-0.3, -0.25) is 4.79 Å². The minimum Gasteiger partial charge on any atom is -0.392 e. The Morgan fingerprint density at radius 1 is 1.59 bits per heavy atom. The molecule has 0 radical (unpaired) electrons. The first-order chi connectivity index (χ1) is 8.04. The minimum absolute atomic E-state index is 0.0586. The molecule has 0 saturated heterocycles. The fourth-order valence-electron chi connectivity index (χ4n) is 1.74. The molecule has 0 unspecified atom stereocenters. The van der Waals surface area contributed by atoms with Gasteiger partial charge in [-0.2, -0.15) is 0 Å². The fourth-order valence-corrected chi connectivity index (χ4v) is 1.74. The predicted molar refractivity (Wildman–Crippen MR) is 69.2 cm³/mol. The van der Waals surface area contributed by atoms with E-state index in [2.05, 4.69) is 18.4 Å². The van der Waals surface area contributed by atoms with Gasteiger partial charge in [0.1, 0.15) is 6.29 Å². The van der Waals surface area contributed by atoms with Crippen LogP contribution in [-0.2, 0) is 4.79 Å². The maximum absolute atomic E-state index is 10.6. The number of aldehydes is 1. The SMILES string of the molecule is C=C(C#CC=C(C)C)[C@H]1CC=C(C=O)C[C@@H]1O. The number of allylic oxidation sites excluding steroid dienone is 3. The standard InChI is InChI=1S/C15H18O2/c1-11(2)5-4-6-12(3)14-8-7-13(10-16)9-15(14)17/h5,7,10,14-15,17H,3,8-9H2,1-2H3/t14-,15+/m1/s1. The normalized spacial score (nSPS) is 22.9. The molecule has 2 atom stereocenters. The third-order valence-electron chi connectivity index (χ3n) is 2.74. The van der Waals surface area contributed by atoms with Crippen LogP contribution in [0.4, 0.5) is 0 Å². The molecule has 1 aliphatic rings. The van der Waals surface area contributed by atoms with E-state index >= 15 is 0 Å². The van der Waals surface area contributed by atoms with E-state index in [-0.39, 0.29) is 5.92 Å². The number of carbonyl (C=O) groups excluding carboxylic acids is 1. The molecule has 0 fully saturated rings. The quantitative estimate of drug-likeness (QED) is 0.584. The zero-order chi connectivity index (χ0) is 12.8. The highest BCUT2D eigenvalue weighted by Gasteiger charge is 2.25. The van der Waals surface area contributed by atoms with Crippen molar-refractivity contribution in [2.75, 3.05) is 0 Å². The zero-order valence-electron chi connectivity index (χ0n) is 10.4. The van der Waals surface area contributed by atoms with Crippen molar-refractivity contribution < 1.29 is 9.90 Å². The smallest absolute Gasteiger partial charge is 0.145 e. The summed E-state index contributed by atoms with van der Waals surface area (Å²) in [5.74, 6) is 5.80. The lowest BCUT2D eigenvalue weighted by atomic mass is 9.83. The largest absolute Gasteiger partial charge is 0.392 e. The highest BCUT2D eigenvalue weighted by atomic mass is 16.3. The molecule has 2 heteroatoms. The van der Waals surface area contributed by atoms with Gasteiger partial charge in [-0.1, -0.05) is 30.1 Å². The molecule has 0 amide bonds. The summed E-state index contributed by atoms with van der Waals surface area (Å²) in [7, 11) is 0. The minimum atomic E-state index is -0.547. The summed E-state index contributed by atoms with van der Waals surface area (Å²) in [5.41, 5.74) is 2.53. The monoisotopic (exact) mass is 230 g/mol. The van der Waals surface area contributed by atoms with E-state index in [1.54, 1.807) is 0 Å². The molecule has 0 aromatic carbocycles. The van der Waals surface area contributed by atoms with Gasteiger partial charge in [-0.25, -0.2) is 0 Å². The Kier molecular flexibility index (Phi) is 4.93. The van der Waals surface area contributed by atoms with Crippen LogP contribution in [0, 0.1) is 17.8 Å². The average molecular weight is 230 g/mol. The Balaban J connectivity index is 2.71. The molecule has 0 aromatic rings. The third kappa shape index (κ3) is 4.05.